The molecular weight excluding hydrogens is 406 g/mol. The second-order valence-electron chi connectivity index (χ2n) is 7.54. The molecule has 0 aliphatic carbocycles. The standard InChI is InChI=1S/C25H25N3O4/c1-17-8-11-21(12-9-17)31-15-14-28-22-13-10-20(16-23(22)32-18(2)24(28)29)27-25(30)26-19-6-4-3-5-7-19/h3-13,16,18H,14-15H2,1-2H3,(H2,26,27,30). The van der Waals surface area contributed by atoms with Crippen LogP contribution in [0.3, 0.4) is 0 Å². The molecule has 1 unspecified atom stereocenters. The van der Waals surface area contributed by atoms with E-state index < -0.39 is 6.10 Å². The van der Waals surface area contributed by atoms with E-state index >= 15 is 0 Å². The number of para-hydroxylation sites is 1. The minimum Gasteiger partial charge on any atom is -0.492 e. The van der Waals surface area contributed by atoms with E-state index in [4.69, 9.17) is 9.47 Å². The molecule has 0 fully saturated rings. The molecule has 0 bridgehead atoms. The number of amides is 3. The highest BCUT2D eigenvalue weighted by Gasteiger charge is 2.31. The lowest BCUT2D eigenvalue weighted by molar-refractivity contribution is -0.125. The van der Waals surface area contributed by atoms with Crippen LogP contribution in [-0.4, -0.2) is 31.2 Å². The average Bonchev–Trinajstić information content (AvgIpc) is 2.78. The Kier molecular flexibility index (Phi) is 6.26. The summed E-state index contributed by atoms with van der Waals surface area (Å²) in [6.45, 7) is 4.46. The van der Waals surface area contributed by atoms with Gasteiger partial charge in [-0.2, -0.15) is 0 Å². The minimum absolute atomic E-state index is 0.132. The molecule has 1 heterocycles. The number of aryl methyl sites for hydroxylation is 1. The van der Waals surface area contributed by atoms with E-state index in [9.17, 15) is 9.59 Å². The van der Waals surface area contributed by atoms with Crippen molar-refractivity contribution in [2.75, 3.05) is 28.7 Å². The van der Waals surface area contributed by atoms with Crippen molar-refractivity contribution in [1.82, 2.24) is 0 Å². The number of rotatable bonds is 6. The van der Waals surface area contributed by atoms with Gasteiger partial charge in [-0.05, 0) is 50.2 Å². The molecule has 3 amide bonds. The first-order valence-electron chi connectivity index (χ1n) is 10.4. The number of benzene rings is 3. The summed E-state index contributed by atoms with van der Waals surface area (Å²) in [6.07, 6.45) is -0.629. The highest BCUT2D eigenvalue weighted by atomic mass is 16.5. The highest BCUT2D eigenvalue weighted by molar-refractivity contribution is 6.02. The van der Waals surface area contributed by atoms with Gasteiger partial charge in [-0.25, -0.2) is 4.79 Å². The Balaban J connectivity index is 1.43. The Hall–Kier alpha value is -4.00. The maximum absolute atomic E-state index is 12.7. The van der Waals surface area contributed by atoms with Crippen molar-refractivity contribution in [2.24, 2.45) is 0 Å². The van der Waals surface area contributed by atoms with Crippen LogP contribution < -0.4 is 25.0 Å². The van der Waals surface area contributed by atoms with Crippen LogP contribution in [-0.2, 0) is 4.79 Å². The fourth-order valence-electron chi connectivity index (χ4n) is 3.42. The van der Waals surface area contributed by atoms with Crippen LogP contribution in [0, 0.1) is 6.92 Å². The van der Waals surface area contributed by atoms with Crippen LogP contribution in [0.5, 0.6) is 11.5 Å². The quantitative estimate of drug-likeness (QED) is 0.586. The third-order valence-corrected chi connectivity index (χ3v) is 5.06. The Morgan fingerprint density at radius 2 is 1.72 bits per heavy atom. The van der Waals surface area contributed by atoms with E-state index in [2.05, 4.69) is 10.6 Å². The van der Waals surface area contributed by atoms with Crippen LogP contribution in [0.1, 0.15) is 12.5 Å². The normalized spacial score (nSPS) is 14.9. The van der Waals surface area contributed by atoms with Crippen molar-refractivity contribution in [3.63, 3.8) is 0 Å². The van der Waals surface area contributed by atoms with Crippen LogP contribution in [0.15, 0.2) is 72.8 Å². The molecule has 32 heavy (non-hydrogen) atoms. The van der Waals surface area contributed by atoms with Gasteiger partial charge in [0.05, 0.1) is 12.2 Å². The van der Waals surface area contributed by atoms with E-state index in [1.807, 2.05) is 49.4 Å². The third-order valence-electron chi connectivity index (χ3n) is 5.06. The molecular formula is C25H25N3O4. The number of fused-ring (bicyclic) bond motifs is 1. The molecule has 7 nitrogen and oxygen atoms in total. The fraction of sp³-hybridized carbons (Fsp3) is 0.200. The summed E-state index contributed by atoms with van der Waals surface area (Å²) in [5, 5.41) is 5.56. The zero-order valence-electron chi connectivity index (χ0n) is 18.0. The number of carbonyl (C=O) groups is 2. The van der Waals surface area contributed by atoms with Gasteiger partial charge in [0.25, 0.3) is 5.91 Å². The minimum atomic E-state index is -0.629. The fourth-order valence-corrected chi connectivity index (χ4v) is 3.42. The van der Waals surface area contributed by atoms with Crippen LogP contribution in [0.25, 0.3) is 0 Å². The molecule has 2 N–H and O–H groups in total. The maximum atomic E-state index is 12.7. The first-order chi connectivity index (χ1) is 15.5. The number of nitrogens with one attached hydrogen (secondary N) is 2. The Labute approximate surface area is 187 Å². The number of hydrogen-bond acceptors (Lipinski definition) is 4. The second kappa shape index (κ2) is 9.43. The molecule has 0 saturated carbocycles. The van der Waals surface area contributed by atoms with E-state index in [0.29, 0.717) is 36.0 Å². The number of urea groups is 1. The van der Waals surface area contributed by atoms with Crippen molar-refractivity contribution in [3.8, 4) is 11.5 Å². The lowest BCUT2D eigenvalue weighted by Gasteiger charge is -2.33. The zero-order valence-corrected chi connectivity index (χ0v) is 18.0. The van der Waals surface area contributed by atoms with Gasteiger partial charge >= 0.3 is 6.03 Å². The molecule has 4 rings (SSSR count). The molecule has 0 saturated heterocycles. The molecule has 7 heteroatoms. The van der Waals surface area contributed by atoms with E-state index in [0.717, 1.165) is 11.3 Å². The summed E-state index contributed by atoms with van der Waals surface area (Å²) in [7, 11) is 0. The lowest BCUT2D eigenvalue weighted by atomic mass is 10.1. The smallest absolute Gasteiger partial charge is 0.323 e. The predicted octanol–water partition coefficient (Wildman–Crippen LogP) is 4.83. The topological polar surface area (TPSA) is 79.9 Å². The average molecular weight is 431 g/mol. The van der Waals surface area contributed by atoms with Gasteiger partial charge < -0.3 is 25.0 Å². The third kappa shape index (κ3) is 5.00. The number of anilines is 3. The molecule has 1 aliphatic heterocycles. The van der Waals surface area contributed by atoms with E-state index in [1.165, 1.54) is 0 Å². The van der Waals surface area contributed by atoms with Gasteiger partial charge in [0.1, 0.15) is 18.1 Å². The van der Waals surface area contributed by atoms with Gasteiger partial charge in [0, 0.05) is 17.4 Å². The highest BCUT2D eigenvalue weighted by Crippen LogP contribution is 2.36. The summed E-state index contributed by atoms with van der Waals surface area (Å²) in [4.78, 5) is 26.6. The predicted molar refractivity (Wildman–Crippen MR) is 125 cm³/mol. The van der Waals surface area contributed by atoms with Crippen molar-refractivity contribution in [2.45, 2.75) is 20.0 Å². The van der Waals surface area contributed by atoms with Gasteiger partial charge in [-0.3, -0.25) is 4.79 Å². The molecule has 0 radical (unpaired) electrons. The van der Waals surface area contributed by atoms with Crippen LogP contribution in [0.2, 0.25) is 0 Å². The summed E-state index contributed by atoms with van der Waals surface area (Å²) in [5.74, 6) is 1.16. The van der Waals surface area contributed by atoms with Gasteiger partial charge in [-0.15, -0.1) is 0 Å². The number of ether oxygens (including phenoxy) is 2. The maximum Gasteiger partial charge on any atom is 0.323 e. The summed E-state index contributed by atoms with van der Waals surface area (Å²) >= 11 is 0. The van der Waals surface area contributed by atoms with E-state index in [1.54, 1.807) is 42.2 Å². The second-order valence-corrected chi connectivity index (χ2v) is 7.54. The largest absolute Gasteiger partial charge is 0.492 e. The molecule has 0 aromatic heterocycles. The van der Waals surface area contributed by atoms with Crippen LogP contribution >= 0.6 is 0 Å². The zero-order chi connectivity index (χ0) is 22.5. The lowest BCUT2D eigenvalue weighted by Crippen LogP contribution is -2.46. The molecule has 1 aliphatic rings. The van der Waals surface area contributed by atoms with Crippen molar-refractivity contribution in [1.29, 1.82) is 0 Å². The monoisotopic (exact) mass is 431 g/mol. The van der Waals surface area contributed by atoms with Crippen molar-refractivity contribution < 1.29 is 19.1 Å². The number of carbonyl (C=O) groups excluding carboxylic acids is 2. The van der Waals surface area contributed by atoms with Gasteiger partial charge in [-0.1, -0.05) is 35.9 Å². The number of nitrogens with zero attached hydrogens (tertiary/aromatic N) is 1. The SMILES string of the molecule is Cc1ccc(OCCN2C(=O)C(C)Oc3cc(NC(=O)Nc4ccccc4)ccc32)cc1. The summed E-state index contributed by atoms with van der Waals surface area (Å²) < 4.78 is 11.6. The van der Waals surface area contributed by atoms with Crippen LogP contribution in [0.4, 0.5) is 21.9 Å². The Morgan fingerprint density at radius 3 is 2.47 bits per heavy atom. The summed E-state index contributed by atoms with van der Waals surface area (Å²) in [5.41, 5.74) is 3.06. The van der Waals surface area contributed by atoms with E-state index in [-0.39, 0.29) is 11.9 Å². The molecule has 164 valence electrons. The summed E-state index contributed by atoms with van der Waals surface area (Å²) in [6, 6.07) is 21.8. The van der Waals surface area contributed by atoms with Gasteiger partial charge in [0.15, 0.2) is 6.10 Å². The molecule has 3 aromatic carbocycles. The Morgan fingerprint density at radius 1 is 1.00 bits per heavy atom. The molecule has 3 aromatic rings. The van der Waals surface area contributed by atoms with Gasteiger partial charge in [0.2, 0.25) is 0 Å². The van der Waals surface area contributed by atoms with Crippen molar-refractivity contribution in [3.05, 3.63) is 78.4 Å². The van der Waals surface area contributed by atoms with Crippen molar-refractivity contribution >= 4 is 29.0 Å². The molecule has 1 atom stereocenters. The first-order valence-corrected chi connectivity index (χ1v) is 10.4. The number of hydrogen-bond donors (Lipinski definition) is 2. The first kappa shape index (κ1) is 21.2. The molecule has 0 spiro atoms. The Bertz CT molecular complexity index is 1100.